The summed E-state index contributed by atoms with van der Waals surface area (Å²) in [4.78, 5) is 23.3. The highest BCUT2D eigenvalue weighted by atomic mass is 16.5. The van der Waals surface area contributed by atoms with Crippen LogP contribution in [0.25, 0.3) is 0 Å². The largest absolute Gasteiger partial charge is 0.489 e. The molecule has 1 atom stereocenters. The summed E-state index contributed by atoms with van der Waals surface area (Å²) in [5.41, 5.74) is -0.642. The molecule has 1 aromatic carbocycles. The Morgan fingerprint density at radius 1 is 1.24 bits per heavy atom. The minimum Gasteiger partial charge on any atom is -0.489 e. The van der Waals surface area contributed by atoms with Crippen LogP contribution in [0.1, 0.15) is 37.6 Å². The number of hydrogen-bond donors (Lipinski definition) is 1. The first-order valence-electron chi connectivity index (χ1n) is 6.96. The topological polar surface area (TPSA) is 72.8 Å². The Morgan fingerprint density at radius 3 is 2.48 bits per heavy atom. The third kappa shape index (κ3) is 3.54. The first-order valence-corrected chi connectivity index (χ1v) is 6.96. The summed E-state index contributed by atoms with van der Waals surface area (Å²) in [5, 5.41) is 9.10. The summed E-state index contributed by atoms with van der Waals surface area (Å²) in [6, 6.07) is 4.99. The number of aliphatic carboxylic acids is 1. The van der Waals surface area contributed by atoms with Gasteiger partial charge in [-0.1, -0.05) is 6.92 Å². The molecule has 1 heterocycles. The quantitative estimate of drug-likeness (QED) is 0.864. The molecule has 0 amide bonds. The van der Waals surface area contributed by atoms with Crippen LogP contribution < -0.4 is 9.47 Å². The lowest BCUT2D eigenvalue weighted by Crippen LogP contribution is -2.26. The van der Waals surface area contributed by atoms with Gasteiger partial charge in [0.05, 0.1) is 18.6 Å². The van der Waals surface area contributed by atoms with E-state index in [-0.39, 0.29) is 18.1 Å². The zero-order valence-electron chi connectivity index (χ0n) is 12.5. The molecule has 0 saturated carbocycles. The lowest BCUT2D eigenvalue weighted by atomic mass is 9.85. The van der Waals surface area contributed by atoms with Gasteiger partial charge in [-0.3, -0.25) is 9.59 Å². The van der Waals surface area contributed by atoms with Gasteiger partial charge in [-0.2, -0.15) is 0 Å². The minimum absolute atomic E-state index is 0.0572. The molecule has 5 nitrogen and oxygen atoms in total. The number of benzene rings is 1. The second-order valence-electron chi connectivity index (χ2n) is 6.18. The second kappa shape index (κ2) is 5.76. The fourth-order valence-corrected chi connectivity index (χ4v) is 2.00. The van der Waals surface area contributed by atoms with E-state index >= 15 is 0 Å². The molecular weight excluding hydrogens is 272 g/mol. The monoisotopic (exact) mass is 292 g/mol. The Balaban J connectivity index is 2.19. The molecule has 1 aromatic rings. The number of carboxylic acids is 1. The molecule has 0 aromatic heterocycles. The normalized spacial score (nSPS) is 18.0. The third-order valence-corrected chi connectivity index (χ3v) is 3.49. The summed E-state index contributed by atoms with van der Waals surface area (Å²) in [6.07, 6.45) is -0.0572. The van der Waals surface area contributed by atoms with Gasteiger partial charge in [0.25, 0.3) is 0 Å². The molecule has 0 aliphatic carbocycles. The van der Waals surface area contributed by atoms with Crippen LogP contribution in [-0.4, -0.2) is 30.1 Å². The van der Waals surface area contributed by atoms with E-state index in [0.717, 1.165) is 0 Å². The molecule has 0 bridgehead atoms. The second-order valence-corrected chi connectivity index (χ2v) is 6.18. The highest BCUT2D eigenvalue weighted by molar-refractivity contribution is 5.99. The maximum atomic E-state index is 12.2. The molecule has 0 radical (unpaired) electrons. The Hall–Kier alpha value is -2.04. The number of carboxylic acid groups (broad SMARTS) is 1. The molecule has 5 heteroatoms. The van der Waals surface area contributed by atoms with Gasteiger partial charge in [0, 0.05) is 17.9 Å². The Kier molecular flexibility index (Phi) is 4.21. The van der Waals surface area contributed by atoms with Crippen molar-refractivity contribution < 1.29 is 24.2 Å². The molecule has 1 N–H and O–H groups in total. The number of fused-ring (bicyclic) bond motifs is 1. The van der Waals surface area contributed by atoms with Crippen LogP contribution in [0, 0.1) is 11.3 Å². The van der Waals surface area contributed by atoms with Crippen molar-refractivity contribution in [3.63, 3.8) is 0 Å². The lowest BCUT2D eigenvalue weighted by Gasteiger charge is -2.18. The van der Waals surface area contributed by atoms with E-state index in [0.29, 0.717) is 30.3 Å². The number of carbonyl (C=O) groups is 2. The minimum atomic E-state index is -1.09. The van der Waals surface area contributed by atoms with E-state index in [1.54, 1.807) is 18.2 Å². The van der Waals surface area contributed by atoms with Crippen molar-refractivity contribution in [2.24, 2.45) is 11.3 Å². The van der Waals surface area contributed by atoms with Crippen molar-refractivity contribution in [2.75, 3.05) is 13.2 Å². The maximum Gasteiger partial charge on any atom is 0.309 e. The summed E-state index contributed by atoms with van der Waals surface area (Å²) in [7, 11) is 0. The molecule has 0 spiro atoms. The fraction of sp³-hybridized carbons (Fsp3) is 0.500. The van der Waals surface area contributed by atoms with Gasteiger partial charge < -0.3 is 14.6 Å². The molecule has 1 aliphatic rings. The van der Waals surface area contributed by atoms with Crippen LogP contribution in [-0.2, 0) is 4.79 Å². The maximum absolute atomic E-state index is 12.2. The van der Waals surface area contributed by atoms with Gasteiger partial charge in [0.1, 0.15) is 0 Å². The SMILES string of the molecule is CC1COc2ccc(C(=O)CC(C)(C)C(=O)O)cc2OC1. The predicted molar refractivity (Wildman–Crippen MR) is 77.0 cm³/mol. The van der Waals surface area contributed by atoms with Crippen LogP contribution >= 0.6 is 0 Å². The smallest absolute Gasteiger partial charge is 0.309 e. The van der Waals surface area contributed by atoms with Crippen LogP contribution in [0.4, 0.5) is 0 Å². The van der Waals surface area contributed by atoms with Crippen LogP contribution in [0.15, 0.2) is 18.2 Å². The van der Waals surface area contributed by atoms with E-state index in [9.17, 15) is 9.59 Å². The molecule has 1 aliphatic heterocycles. The highest BCUT2D eigenvalue weighted by Crippen LogP contribution is 2.32. The number of hydrogen-bond acceptors (Lipinski definition) is 4. The average molecular weight is 292 g/mol. The zero-order valence-corrected chi connectivity index (χ0v) is 12.5. The van der Waals surface area contributed by atoms with Crippen molar-refractivity contribution >= 4 is 11.8 Å². The summed E-state index contributed by atoms with van der Waals surface area (Å²) in [5.74, 6) is 0.235. The average Bonchev–Trinajstić information content (AvgIpc) is 2.60. The standard InChI is InChI=1S/C16H20O5/c1-10-8-20-13-5-4-11(6-14(13)21-9-10)12(17)7-16(2,3)15(18)19/h4-6,10H,7-9H2,1-3H3,(H,18,19). The Bertz CT molecular complexity index is 562. The first-order chi connectivity index (χ1) is 9.79. The van der Waals surface area contributed by atoms with Gasteiger partial charge in [0.2, 0.25) is 0 Å². The number of rotatable bonds is 4. The first kappa shape index (κ1) is 15.4. The van der Waals surface area contributed by atoms with Crippen molar-refractivity contribution in [3.05, 3.63) is 23.8 Å². The summed E-state index contributed by atoms with van der Waals surface area (Å²) in [6.45, 7) is 6.21. The van der Waals surface area contributed by atoms with Crippen LogP contribution in [0.2, 0.25) is 0 Å². The van der Waals surface area contributed by atoms with E-state index in [1.807, 2.05) is 6.92 Å². The van der Waals surface area contributed by atoms with Gasteiger partial charge >= 0.3 is 5.97 Å². The van der Waals surface area contributed by atoms with Crippen LogP contribution in [0.5, 0.6) is 11.5 Å². The molecular formula is C16H20O5. The third-order valence-electron chi connectivity index (χ3n) is 3.49. The predicted octanol–water partition coefficient (Wildman–Crippen LogP) is 2.78. The van der Waals surface area contributed by atoms with E-state index in [2.05, 4.69) is 0 Å². The van der Waals surface area contributed by atoms with E-state index in [1.165, 1.54) is 13.8 Å². The molecule has 0 fully saturated rings. The van der Waals surface area contributed by atoms with Crippen LogP contribution in [0.3, 0.4) is 0 Å². The van der Waals surface area contributed by atoms with Crippen molar-refractivity contribution in [1.82, 2.24) is 0 Å². The van der Waals surface area contributed by atoms with Gasteiger partial charge in [0.15, 0.2) is 17.3 Å². The van der Waals surface area contributed by atoms with E-state index < -0.39 is 11.4 Å². The Morgan fingerprint density at radius 2 is 1.86 bits per heavy atom. The van der Waals surface area contributed by atoms with Gasteiger partial charge in [-0.15, -0.1) is 0 Å². The highest BCUT2D eigenvalue weighted by Gasteiger charge is 2.31. The Labute approximate surface area is 123 Å². The molecule has 21 heavy (non-hydrogen) atoms. The van der Waals surface area contributed by atoms with Gasteiger partial charge in [-0.05, 0) is 32.0 Å². The molecule has 1 unspecified atom stereocenters. The summed E-state index contributed by atoms with van der Waals surface area (Å²) < 4.78 is 11.2. The number of ether oxygens (including phenoxy) is 2. The summed E-state index contributed by atoms with van der Waals surface area (Å²) >= 11 is 0. The molecule has 114 valence electrons. The van der Waals surface area contributed by atoms with E-state index in [4.69, 9.17) is 14.6 Å². The lowest BCUT2D eigenvalue weighted by molar-refractivity contribution is -0.146. The zero-order chi connectivity index (χ0) is 15.6. The van der Waals surface area contributed by atoms with Crippen molar-refractivity contribution in [2.45, 2.75) is 27.2 Å². The molecule has 0 saturated heterocycles. The van der Waals surface area contributed by atoms with Crippen molar-refractivity contribution in [3.8, 4) is 11.5 Å². The number of Topliss-reactive ketones (excluding diaryl/α,β-unsaturated/α-hetero) is 1. The van der Waals surface area contributed by atoms with Crippen molar-refractivity contribution in [1.29, 1.82) is 0 Å². The van der Waals surface area contributed by atoms with Gasteiger partial charge in [-0.25, -0.2) is 0 Å². The number of ketones is 1. The molecule has 2 rings (SSSR count). The fourth-order valence-electron chi connectivity index (χ4n) is 2.00. The number of carbonyl (C=O) groups excluding carboxylic acids is 1.